The van der Waals surface area contributed by atoms with Crippen molar-refractivity contribution in [3.8, 4) is 5.75 Å². The number of carbonyl (C=O) groups excluding carboxylic acids is 1. The van der Waals surface area contributed by atoms with Crippen LogP contribution in [0.3, 0.4) is 0 Å². The highest BCUT2D eigenvalue weighted by molar-refractivity contribution is 7.88. The van der Waals surface area contributed by atoms with Crippen LogP contribution in [0.2, 0.25) is 0 Å². The number of alkyl halides is 3. The second kappa shape index (κ2) is 8.60. The number of likely N-dealkylation sites (tertiary alicyclic amines) is 1. The Balaban J connectivity index is 2.16. The van der Waals surface area contributed by atoms with Crippen LogP contribution >= 0.6 is 0 Å². The number of hydrogen-bond acceptors (Lipinski definition) is 7. The van der Waals surface area contributed by atoms with E-state index >= 15 is 0 Å². The minimum Gasteiger partial charge on any atom is -0.444 e. The van der Waals surface area contributed by atoms with E-state index in [0.717, 1.165) is 12.1 Å². The van der Waals surface area contributed by atoms with E-state index in [1.54, 1.807) is 20.8 Å². The van der Waals surface area contributed by atoms with Crippen LogP contribution in [0, 0.1) is 5.92 Å². The Kier molecular flexibility index (Phi) is 6.94. The number of benzene rings is 1. The lowest BCUT2D eigenvalue weighted by molar-refractivity contribution is -0.0500. The minimum absolute atomic E-state index is 0.0726. The summed E-state index contributed by atoms with van der Waals surface area (Å²) in [4.78, 5) is 13.5. The summed E-state index contributed by atoms with van der Waals surface area (Å²) >= 11 is 0. The maximum atomic E-state index is 12.4. The summed E-state index contributed by atoms with van der Waals surface area (Å²) in [5.74, 6) is -1.76. The Morgan fingerprint density at radius 1 is 1.17 bits per heavy atom. The number of aliphatic hydroxyl groups excluding tert-OH is 2. The van der Waals surface area contributed by atoms with Gasteiger partial charge in [-0.15, -0.1) is 0 Å². The molecule has 0 radical (unpaired) electrons. The number of β-amino-alcohol motifs (C(OH)–C–C–N with tert-alkyl or cyclic N) is 1. The fourth-order valence-electron chi connectivity index (χ4n) is 3.19. The van der Waals surface area contributed by atoms with Crippen molar-refractivity contribution in [1.82, 2.24) is 4.90 Å². The van der Waals surface area contributed by atoms with Crippen LogP contribution in [0.25, 0.3) is 0 Å². The lowest BCUT2D eigenvalue weighted by Gasteiger charge is -2.41. The minimum atomic E-state index is -5.79. The molecule has 170 valence electrons. The van der Waals surface area contributed by atoms with Gasteiger partial charge in [-0.25, -0.2) is 4.79 Å². The van der Waals surface area contributed by atoms with Crippen molar-refractivity contribution in [1.29, 1.82) is 0 Å². The molecule has 12 heteroatoms. The molecule has 1 heterocycles. The molecule has 0 saturated carbocycles. The van der Waals surface area contributed by atoms with Gasteiger partial charge in [0.1, 0.15) is 11.4 Å². The van der Waals surface area contributed by atoms with Gasteiger partial charge in [-0.2, -0.15) is 21.6 Å². The zero-order valence-electron chi connectivity index (χ0n) is 16.6. The van der Waals surface area contributed by atoms with E-state index in [-0.39, 0.29) is 19.7 Å². The molecule has 8 nitrogen and oxygen atoms in total. The third-order valence-electron chi connectivity index (χ3n) is 4.43. The van der Waals surface area contributed by atoms with E-state index in [1.165, 1.54) is 17.0 Å². The first-order chi connectivity index (χ1) is 13.6. The quantitative estimate of drug-likeness (QED) is 0.529. The first kappa shape index (κ1) is 24.2. The Morgan fingerprint density at radius 3 is 2.20 bits per heavy atom. The molecule has 1 amide bonds. The van der Waals surface area contributed by atoms with E-state index in [2.05, 4.69) is 4.18 Å². The number of hydrogen-bond donors (Lipinski definition) is 2. The summed E-state index contributed by atoms with van der Waals surface area (Å²) in [6.07, 6.45) is -1.73. The van der Waals surface area contributed by atoms with Crippen LogP contribution in [0.5, 0.6) is 5.75 Å². The lowest BCUT2D eigenvalue weighted by atomic mass is 9.79. The van der Waals surface area contributed by atoms with Crippen molar-refractivity contribution in [2.45, 2.75) is 43.9 Å². The van der Waals surface area contributed by atoms with Crippen molar-refractivity contribution in [2.24, 2.45) is 5.92 Å². The monoisotopic (exact) mass is 455 g/mol. The molecule has 3 atom stereocenters. The van der Waals surface area contributed by atoms with E-state index < -0.39 is 51.0 Å². The summed E-state index contributed by atoms with van der Waals surface area (Å²) in [6, 6.07) is 4.67. The number of piperidine rings is 1. The molecule has 0 spiro atoms. The highest BCUT2D eigenvalue weighted by atomic mass is 32.2. The maximum Gasteiger partial charge on any atom is 0.534 e. The number of nitrogens with zero attached hydrogens (tertiary/aromatic N) is 1. The molecule has 1 aliphatic rings. The fourth-order valence-corrected chi connectivity index (χ4v) is 3.64. The van der Waals surface area contributed by atoms with Gasteiger partial charge in [0.2, 0.25) is 0 Å². The zero-order chi connectivity index (χ0) is 22.9. The summed E-state index contributed by atoms with van der Waals surface area (Å²) in [5, 5.41) is 20.3. The maximum absolute atomic E-state index is 12.4. The predicted octanol–water partition coefficient (Wildman–Crippen LogP) is 2.22. The molecule has 2 rings (SSSR count). The van der Waals surface area contributed by atoms with Gasteiger partial charge in [0, 0.05) is 25.0 Å². The number of aliphatic hydroxyl groups is 2. The molecule has 0 aromatic heterocycles. The fraction of sp³-hybridized carbons (Fsp3) is 0.611. The van der Waals surface area contributed by atoms with Gasteiger partial charge in [-0.3, -0.25) is 0 Å². The molecule has 1 saturated heterocycles. The molecule has 0 bridgehead atoms. The molecular weight excluding hydrogens is 431 g/mol. The average Bonchev–Trinajstić information content (AvgIpc) is 2.59. The third kappa shape index (κ3) is 5.76. The first-order valence-electron chi connectivity index (χ1n) is 9.02. The normalized spacial score (nSPS) is 23.2. The zero-order valence-corrected chi connectivity index (χ0v) is 17.4. The number of carbonyl (C=O) groups is 1. The Morgan fingerprint density at radius 2 is 1.73 bits per heavy atom. The average molecular weight is 455 g/mol. The van der Waals surface area contributed by atoms with Crippen molar-refractivity contribution in [2.75, 3.05) is 19.7 Å². The van der Waals surface area contributed by atoms with Crippen LogP contribution in [0.1, 0.15) is 32.3 Å². The molecule has 0 unspecified atom stereocenters. The molecular formula is C18H24F3NO7S. The van der Waals surface area contributed by atoms with Crippen LogP contribution in [0.15, 0.2) is 24.3 Å². The van der Waals surface area contributed by atoms with E-state index in [1.807, 2.05) is 0 Å². The number of ether oxygens (including phenoxy) is 1. The molecule has 1 aromatic carbocycles. The van der Waals surface area contributed by atoms with E-state index in [9.17, 15) is 36.6 Å². The molecule has 1 fully saturated rings. The highest BCUT2D eigenvalue weighted by Crippen LogP contribution is 2.35. The van der Waals surface area contributed by atoms with Gasteiger partial charge >= 0.3 is 21.7 Å². The van der Waals surface area contributed by atoms with Crippen molar-refractivity contribution in [3.63, 3.8) is 0 Å². The van der Waals surface area contributed by atoms with Crippen molar-refractivity contribution >= 4 is 16.2 Å². The molecule has 0 aliphatic carbocycles. The summed E-state index contributed by atoms with van der Waals surface area (Å²) in [6.45, 7) is 4.73. The van der Waals surface area contributed by atoms with E-state index in [0.29, 0.717) is 5.56 Å². The van der Waals surface area contributed by atoms with Gasteiger partial charge in [0.05, 0.1) is 12.6 Å². The van der Waals surface area contributed by atoms with Crippen LogP contribution < -0.4 is 4.18 Å². The third-order valence-corrected chi connectivity index (χ3v) is 5.40. The largest absolute Gasteiger partial charge is 0.534 e. The van der Waals surface area contributed by atoms with Crippen LogP contribution in [-0.4, -0.2) is 66.5 Å². The second-order valence-corrected chi connectivity index (χ2v) is 9.51. The predicted molar refractivity (Wildman–Crippen MR) is 99.2 cm³/mol. The summed E-state index contributed by atoms with van der Waals surface area (Å²) in [7, 11) is -5.79. The number of rotatable bonds is 4. The van der Waals surface area contributed by atoms with E-state index in [4.69, 9.17) is 4.74 Å². The van der Waals surface area contributed by atoms with Gasteiger partial charge in [-0.1, -0.05) is 12.1 Å². The molecule has 30 heavy (non-hydrogen) atoms. The van der Waals surface area contributed by atoms with Gasteiger partial charge < -0.3 is 24.0 Å². The second-order valence-electron chi connectivity index (χ2n) is 7.97. The summed E-state index contributed by atoms with van der Waals surface area (Å²) in [5.41, 5.74) is -5.85. The van der Waals surface area contributed by atoms with Crippen LogP contribution in [-0.2, 0) is 14.9 Å². The molecule has 2 N–H and O–H groups in total. The van der Waals surface area contributed by atoms with Crippen LogP contribution in [0.4, 0.5) is 18.0 Å². The highest BCUT2D eigenvalue weighted by Gasteiger charge is 2.48. The SMILES string of the molecule is CC(C)(C)OC(=O)N1C[C@@H](CO)[C@H](c2ccc(OS(=O)(=O)C(F)(F)F)cc2)[C@@H](O)C1. The smallest absolute Gasteiger partial charge is 0.444 e. The van der Waals surface area contributed by atoms with Gasteiger partial charge in [-0.05, 0) is 38.5 Å². The molecule has 1 aromatic rings. The standard InChI is InChI=1S/C18H24F3NO7S/c1-17(2,3)28-16(25)22-8-12(10-23)15(14(24)9-22)11-4-6-13(7-5-11)29-30(26,27)18(19,20)21/h4-7,12,14-15,23-24H,8-10H2,1-3H3/t12-,14-,15-/m0/s1. The Bertz CT molecular complexity index is 850. The topological polar surface area (TPSA) is 113 Å². The van der Waals surface area contributed by atoms with Gasteiger partial charge in [0.15, 0.2) is 0 Å². The number of halogens is 3. The lowest BCUT2D eigenvalue weighted by Crippen LogP contribution is -2.52. The first-order valence-corrected chi connectivity index (χ1v) is 10.4. The van der Waals surface area contributed by atoms with Gasteiger partial charge in [0.25, 0.3) is 0 Å². The summed E-state index contributed by atoms with van der Waals surface area (Å²) < 4.78 is 68.8. The Hall–Kier alpha value is -2.05. The Labute approximate surface area is 172 Å². The van der Waals surface area contributed by atoms with Crippen molar-refractivity contribution < 1.29 is 45.5 Å². The number of amides is 1. The van der Waals surface area contributed by atoms with Crippen molar-refractivity contribution in [3.05, 3.63) is 29.8 Å². The molecule has 1 aliphatic heterocycles.